The lowest BCUT2D eigenvalue weighted by molar-refractivity contribution is 0.0973. The van der Waals surface area contributed by atoms with Crippen LogP contribution >= 0.6 is 0 Å². The Hall–Kier alpha value is -2.96. The first-order valence-electron chi connectivity index (χ1n) is 9.48. The molecule has 0 saturated carbocycles. The quantitative estimate of drug-likeness (QED) is 0.801. The highest BCUT2D eigenvalue weighted by Gasteiger charge is 2.37. The average molecular weight is 379 g/mol. The summed E-state index contributed by atoms with van der Waals surface area (Å²) in [5.41, 5.74) is 7.94. The van der Waals surface area contributed by atoms with Gasteiger partial charge in [-0.05, 0) is 6.07 Å². The van der Waals surface area contributed by atoms with E-state index in [1.807, 2.05) is 0 Å². The van der Waals surface area contributed by atoms with Gasteiger partial charge in [0.1, 0.15) is 23.5 Å². The SMILES string of the molecule is N#Cc1cc(N)ncc1-c1nc(N2CCOCC2)c2c(n1)N1CCOC[C@H]1C2. The number of fused-ring (bicyclic) bond motifs is 3. The van der Waals surface area contributed by atoms with E-state index in [-0.39, 0.29) is 6.04 Å². The Morgan fingerprint density at radius 2 is 1.89 bits per heavy atom. The van der Waals surface area contributed by atoms with Crippen LogP contribution in [0.2, 0.25) is 0 Å². The van der Waals surface area contributed by atoms with Gasteiger partial charge in [-0.1, -0.05) is 0 Å². The minimum Gasteiger partial charge on any atom is -0.384 e. The molecule has 5 rings (SSSR count). The number of anilines is 3. The predicted molar refractivity (Wildman–Crippen MR) is 103 cm³/mol. The topological polar surface area (TPSA) is 113 Å². The summed E-state index contributed by atoms with van der Waals surface area (Å²) in [6.45, 7) is 5.12. The Bertz CT molecular complexity index is 952. The van der Waals surface area contributed by atoms with Crippen LogP contribution in [0, 0.1) is 11.3 Å². The summed E-state index contributed by atoms with van der Waals surface area (Å²) in [4.78, 5) is 18.5. The van der Waals surface area contributed by atoms with Crippen molar-refractivity contribution in [3.63, 3.8) is 0 Å². The lowest BCUT2D eigenvalue weighted by atomic mass is 10.1. The van der Waals surface area contributed by atoms with Crippen LogP contribution in [0.25, 0.3) is 11.4 Å². The molecule has 2 aromatic heterocycles. The largest absolute Gasteiger partial charge is 0.384 e. The molecule has 144 valence electrons. The monoisotopic (exact) mass is 379 g/mol. The Morgan fingerprint density at radius 1 is 1.11 bits per heavy atom. The molecule has 0 unspecified atom stereocenters. The maximum absolute atomic E-state index is 9.56. The molecule has 9 nitrogen and oxygen atoms in total. The maximum Gasteiger partial charge on any atom is 0.166 e. The van der Waals surface area contributed by atoms with Gasteiger partial charge in [0.15, 0.2) is 5.82 Å². The summed E-state index contributed by atoms with van der Waals surface area (Å²) in [6.07, 6.45) is 2.46. The molecule has 3 aliphatic rings. The van der Waals surface area contributed by atoms with Crippen molar-refractivity contribution in [2.45, 2.75) is 12.5 Å². The Balaban J connectivity index is 1.66. The molecule has 0 bridgehead atoms. The number of hydrogen-bond acceptors (Lipinski definition) is 9. The summed E-state index contributed by atoms with van der Waals surface area (Å²) in [5, 5.41) is 9.56. The zero-order valence-corrected chi connectivity index (χ0v) is 15.5. The molecule has 2 N–H and O–H groups in total. The van der Waals surface area contributed by atoms with Gasteiger partial charge in [-0.3, -0.25) is 0 Å². The van der Waals surface area contributed by atoms with Crippen molar-refractivity contribution in [1.29, 1.82) is 5.26 Å². The van der Waals surface area contributed by atoms with Gasteiger partial charge in [-0.2, -0.15) is 5.26 Å². The zero-order valence-electron chi connectivity index (χ0n) is 15.5. The minimum absolute atomic E-state index is 0.285. The number of ether oxygens (including phenoxy) is 2. The van der Waals surface area contributed by atoms with Crippen LogP contribution in [-0.2, 0) is 15.9 Å². The first-order valence-corrected chi connectivity index (χ1v) is 9.48. The van der Waals surface area contributed by atoms with Crippen molar-refractivity contribution in [2.75, 3.05) is 61.6 Å². The van der Waals surface area contributed by atoms with Crippen molar-refractivity contribution in [1.82, 2.24) is 15.0 Å². The zero-order chi connectivity index (χ0) is 19.1. The third-order valence-corrected chi connectivity index (χ3v) is 5.50. The maximum atomic E-state index is 9.56. The van der Waals surface area contributed by atoms with E-state index in [0.717, 1.165) is 43.3 Å². The van der Waals surface area contributed by atoms with E-state index in [9.17, 15) is 5.26 Å². The molecular weight excluding hydrogens is 358 g/mol. The number of rotatable bonds is 2. The summed E-state index contributed by atoms with van der Waals surface area (Å²) >= 11 is 0. The molecule has 3 aliphatic heterocycles. The summed E-state index contributed by atoms with van der Waals surface area (Å²) < 4.78 is 11.2. The molecular formula is C19H21N7O2. The number of nitrogens with zero attached hydrogens (tertiary/aromatic N) is 6. The fourth-order valence-electron chi connectivity index (χ4n) is 4.12. The van der Waals surface area contributed by atoms with Gasteiger partial charge in [0.05, 0.1) is 43.6 Å². The van der Waals surface area contributed by atoms with Crippen LogP contribution in [0.1, 0.15) is 11.1 Å². The van der Waals surface area contributed by atoms with Gasteiger partial charge in [0.2, 0.25) is 0 Å². The number of pyridine rings is 1. The summed E-state index contributed by atoms with van der Waals surface area (Å²) in [5.74, 6) is 2.69. The number of aromatic nitrogens is 3. The Labute approximate surface area is 162 Å². The Kier molecular flexibility index (Phi) is 4.22. The van der Waals surface area contributed by atoms with Gasteiger partial charge >= 0.3 is 0 Å². The van der Waals surface area contributed by atoms with Crippen LogP contribution in [0.3, 0.4) is 0 Å². The van der Waals surface area contributed by atoms with Crippen molar-refractivity contribution in [3.05, 3.63) is 23.4 Å². The number of nitriles is 1. The van der Waals surface area contributed by atoms with Gasteiger partial charge in [-0.25, -0.2) is 15.0 Å². The lowest BCUT2D eigenvalue weighted by Crippen LogP contribution is -2.43. The number of hydrogen-bond donors (Lipinski definition) is 1. The first-order chi connectivity index (χ1) is 13.7. The number of nitrogen functional groups attached to an aromatic ring is 1. The summed E-state index contributed by atoms with van der Waals surface area (Å²) in [7, 11) is 0. The van der Waals surface area contributed by atoms with Crippen molar-refractivity contribution >= 4 is 17.5 Å². The van der Waals surface area contributed by atoms with Gasteiger partial charge in [0, 0.05) is 37.8 Å². The molecule has 1 atom stereocenters. The van der Waals surface area contributed by atoms with E-state index in [1.54, 1.807) is 12.3 Å². The van der Waals surface area contributed by atoms with Crippen molar-refractivity contribution in [2.24, 2.45) is 0 Å². The second-order valence-electron chi connectivity index (χ2n) is 7.17. The molecule has 0 amide bonds. The smallest absolute Gasteiger partial charge is 0.166 e. The van der Waals surface area contributed by atoms with Crippen LogP contribution in [0.4, 0.5) is 17.5 Å². The molecule has 0 spiro atoms. The highest BCUT2D eigenvalue weighted by Crippen LogP contribution is 2.39. The molecule has 28 heavy (non-hydrogen) atoms. The summed E-state index contributed by atoms with van der Waals surface area (Å²) in [6, 6.07) is 4.04. The van der Waals surface area contributed by atoms with Gasteiger partial charge in [-0.15, -0.1) is 0 Å². The highest BCUT2D eigenvalue weighted by atomic mass is 16.5. The number of nitrogens with two attached hydrogens (primary N) is 1. The second kappa shape index (κ2) is 6.89. The van der Waals surface area contributed by atoms with Gasteiger partial charge < -0.3 is 25.0 Å². The molecule has 0 radical (unpaired) electrons. The van der Waals surface area contributed by atoms with Crippen LogP contribution in [0.15, 0.2) is 12.3 Å². The third kappa shape index (κ3) is 2.82. The first kappa shape index (κ1) is 17.2. The predicted octanol–water partition coefficient (Wildman–Crippen LogP) is 0.590. The lowest BCUT2D eigenvalue weighted by Gasteiger charge is -2.31. The molecule has 0 aliphatic carbocycles. The minimum atomic E-state index is 0.285. The molecule has 0 aromatic carbocycles. The molecule has 2 saturated heterocycles. The highest BCUT2D eigenvalue weighted by molar-refractivity contribution is 5.73. The van der Waals surface area contributed by atoms with E-state index in [4.69, 9.17) is 25.2 Å². The van der Waals surface area contributed by atoms with E-state index in [0.29, 0.717) is 49.2 Å². The van der Waals surface area contributed by atoms with Crippen LogP contribution in [-0.4, -0.2) is 67.1 Å². The van der Waals surface area contributed by atoms with Crippen molar-refractivity contribution in [3.8, 4) is 17.5 Å². The third-order valence-electron chi connectivity index (χ3n) is 5.50. The fraction of sp³-hybridized carbons (Fsp3) is 0.474. The molecule has 2 fully saturated rings. The normalized spacial score (nSPS) is 21.2. The Morgan fingerprint density at radius 3 is 2.71 bits per heavy atom. The fourth-order valence-corrected chi connectivity index (χ4v) is 4.12. The average Bonchev–Trinajstić information content (AvgIpc) is 3.12. The molecule has 2 aromatic rings. The molecule has 9 heteroatoms. The van der Waals surface area contributed by atoms with Crippen LogP contribution in [0.5, 0.6) is 0 Å². The van der Waals surface area contributed by atoms with E-state index < -0.39 is 0 Å². The second-order valence-corrected chi connectivity index (χ2v) is 7.17. The van der Waals surface area contributed by atoms with E-state index in [1.165, 1.54) is 0 Å². The van der Waals surface area contributed by atoms with E-state index >= 15 is 0 Å². The number of morpholine rings is 2. The molecule has 5 heterocycles. The van der Waals surface area contributed by atoms with Crippen LogP contribution < -0.4 is 15.5 Å². The van der Waals surface area contributed by atoms with Crippen molar-refractivity contribution < 1.29 is 9.47 Å². The van der Waals surface area contributed by atoms with Gasteiger partial charge in [0.25, 0.3) is 0 Å². The van der Waals surface area contributed by atoms with E-state index in [2.05, 4.69) is 20.9 Å². The standard InChI is InChI=1S/C19H21N7O2/c20-9-12-7-16(21)22-10-15(12)17-23-18(25-1-4-27-5-2-25)14-8-13-11-28-6-3-26(13)19(14)24-17/h7,10,13H,1-6,8,11H2,(H2,21,22)/t13-/m1/s1.